The first-order valence-corrected chi connectivity index (χ1v) is 6.74. The van der Waals surface area contributed by atoms with E-state index in [1.165, 1.54) is 11.3 Å². The van der Waals surface area contributed by atoms with Crippen LogP contribution in [0.3, 0.4) is 0 Å². The number of nitrogens with zero attached hydrogens (tertiary/aromatic N) is 2. The van der Waals surface area contributed by atoms with Crippen molar-refractivity contribution in [1.29, 1.82) is 0 Å². The zero-order valence-corrected chi connectivity index (χ0v) is 11.7. The molecule has 0 aliphatic carbocycles. The number of aromatic nitrogens is 2. The summed E-state index contributed by atoms with van der Waals surface area (Å²) in [6, 6.07) is 5.60. The van der Waals surface area contributed by atoms with Gasteiger partial charge < -0.3 is 9.47 Å². The Morgan fingerprint density at radius 2 is 2.06 bits per heavy atom. The summed E-state index contributed by atoms with van der Waals surface area (Å²) in [6.45, 7) is 0. The van der Waals surface area contributed by atoms with E-state index in [9.17, 15) is 0 Å². The van der Waals surface area contributed by atoms with Crippen LogP contribution in [0.4, 0.5) is 0 Å². The Kier molecular flexibility index (Phi) is 4.38. The van der Waals surface area contributed by atoms with Crippen LogP contribution < -0.4 is 9.47 Å². The number of ether oxygens (including phenoxy) is 2. The normalized spacial score (nSPS) is 10.4. The fourth-order valence-corrected chi connectivity index (χ4v) is 2.68. The smallest absolute Gasteiger partial charge is 0.151 e. The van der Waals surface area contributed by atoms with Crippen LogP contribution in [0, 0.1) is 0 Å². The number of rotatable bonds is 5. The zero-order chi connectivity index (χ0) is 13.0. The van der Waals surface area contributed by atoms with Crippen LogP contribution in [-0.4, -0.2) is 30.3 Å². The first-order chi connectivity index (χ1) is 8.78. The number of methoxy groups -OCH3 is 2. The molecule has 18 heavy (non-hydrogen) atoms. The highest BCUT2D eigenvalue weighted by molar-refractivity contribution is 7.14. The van der Waals surface area contributed by atoms with Crippen LogP contribution in [-0.2, 0) is 6.42 Å². The highest BCUT2D eigenvalue weighted by atomic mass is 35.5. The van der Waals surface area contributed by atoms with Gasteiger partial charge in [-0.3, -0.25) is 0 Å². The molecule has 0 saturated heterocycles. The van der Waals surface area contributed by atoms with E-state index < -0.39 is 0 Å². The SMILES string of the molecule is COc1ccc(OC)c(-c2nnc(CCCl)s2)c1. The lowest BCUT2D eigenvalue weighted by Crippen LogP contribution is -1.90. The predicted molar refractivity (Wildman–Crippen MR) is 72.9 cm³/mol. The topological polar surface area (TPSA) is 44.2 Å². The Balaban J connectivity index is 2.40. The van der Waals surface area contributed by atoms with Gasteiger partial charge in [0.25, 0.3) is 0 Å². The van der Waals surface area contributed by atoms with E-state index in [1.54, 1.807) is 14.2 Å². The van der Waals surface area contributed by atoms with Gasteiger partial charge in [0.2, 0.25) is 0 Å². The van der Waals surface area contributed by atoms with E-state index in [4.69, 9.17) is 21.1 Å². The summed E-state index contributed by atoms with van der Waals surface area (Å²) in [4.78, 5) is 0. The Hall–Kier alpha value is -1.33. The quantitative estimate of drug-likeness (QED) is 0.792. The minimum atomic E-state index is 0.546. The second-order valence-corrected chi connectivity index (χ2v) is 4.95. The van der Waals surface area contributed by atoms with E-state index >= 15 is 0 Å². The molecular formula is C12H13ClN2O2S. The van der Waals surface area contributed by atoms with E-state index in [2.05, 4.69) is 10.2 Å². The third-order valence-electron chi connectivity index (χ3n) is 2.41. The molecule has 0 radical (unpaired) electrons. The van der Waals surface area contributed by atoms with Crippen molar-refractivity contribution < 1.29 is 9.47 Å². The van der Waals surface area contributed by atoms with Gasteiger partial charge in [-0.05, 0) is 18.2 Å². The van der Waals surface area contributed by atoms with Crippen molar-refractivity contribution in [2.45, 2.75) is 6.42 Å². The molecule has 1 heterocycles. The molecule has 1 aromatic heterocycles. The van der Waals surface area contributed by atoms with Crippen molar-refractivity contribution >= 4 is 22.9 Å². The fraction of sp³-hybridized carbons (Fsp3) is 0.333. The van der Waals surface area contributed by atoms with Crippen molar-refractivity contribution in [3.63, 3.8) is 0 Å². The first-order valence-electron chi connectivity index (χ1n) is 5.39. The standard InChI is InChI=1S/C12H13ClN2O2S/c1-16-8-3-4-10(17-2)9(7-8)12-15-14-11(18-12)5-6-13/h3-4,7H,5-6H2,1-2H3. The number of aryl methyl sites for hydroxylation is 1. The Labute approximate surface area is 115 Å². The number of hydrogen-bond acceptors (Lipinski definition) is 5. The van der Waals surface area contributed by atoms with Crippen LogP contribution in [0.5, 0.6) is 11.5 Å². The summed E-state index contributed by atoms with van der Waals surface area (Å²) in [6.07, 6.45) is 0.728. The molecule has 0 bridgehead atoms. The molecule has 0 fully saturated rings. The van der Waals surface area contributed by atoms with Crippen molar-refractivity contribution in [2.75, 3.05) is 20.1 Å². The lowest BCUT2D eigenvalue weighted by atomic mass is 10.2. The lowest BCUT2D eigenvalue weighted by Gasteiger charge is -2.07. The first kappa shape index (κ1) is 13.1. The van der Waals surface area contributed by atoms with Crippen LogP contribution in [0.2, 0.25) is 0 Å². The molecule has 0 amide bonds. The molecule has 6 heteroatoms. The fourth-order valence-electron chi connectivity index (χ4n) is 1.53. The Morgan fingerprint density at radius 1 is 1.22 bits per heavy atom. The predicted octanol–water partition coefficient (Wildman–Crippen LogP) is 3.00. The molecular weight excluding hydrogens is 272 g/mol. The Morgan fingerprint density at radius 3 is 2.72 bits per heavy atom. The van der Waals surface area contributed by atoms with Gasteiger partial charge in [-0.2, -0.15) is 0 Å². The molecule has 0 aliphatic heterocycles. The van der Waals surface area contributed by atoms with Crippen molar-refractivity contribution in [1.82, 2.24) is 10.2 Å². The van der Waals surface area contributed by atoms with Gasteiger partial charge in [-0.25, -0.2) is 0 Å². The van der Waals surface area contributed by atoms with E-state index in [0.717, 1.165) is 33.5 Å². The Bertz CT molecular complexity index is 531. The summed E-state index contributed by atoms with van der Waals surface area (Å²) >= 11 is 7.21. The van der Waals surface area contributed by atoms with Crippen LogP contribution in [0.15, 0.2) is 18.2 Å². The second kappa shape index (κ2) is 6.02. The maximum absolute atomic E-state index is 5.69. The van der Waals surface area contributed by atoms with Gasteiger partial charge in [0.1, 0.15) is 16.5 Å². The van der Waals surface area contributed by atoms with E-state index in [1.807, 2.05) is 18.2 Å². The molecule has 2 aromatic rings. The average molecular weight is 285 g/mol. The second-order valence-electron chi connectivity index (χ2n) is 3.51. The number of halogens is 1. The molecule has 0 saturated carbocycles. The summed E-state index contributed by atoms with van der Waals surface area (Å²) in [5.74, 6) is 2.06. The molecule has 0 N–H and O–H groups in total. The van der Waals surface area contributed by atoms with Gasteiger partial charge in [-0.1, -0.05) is 11.3 Å². The highest BCUT2D eigenvalue weighted by Crippen LogP contribution is 2.35. The van der Waals surface area contributed by atoms with Gasteiger partial charge in [0, 0.05) is 12.3 Å². The minimum Gasteiger partial charge on any atom is -0.497 e. The molecule has 2 rings (SSSR count). The maximum Gasteiger partial charge on any atom is 0.151 e. The summed E-state index contributed by atoms with van der Waals surface area (Å²) in [7, 11) is 3.26. The van der Waals surface area contributed by atoms with E-state index in [-0.39, 0.29) is 0 Å². The molecule has 0 spiro atoms. The van der Waals surface area contributed by atoms with Gasteiger partial charge in [0.15, 0.2) is 5.01 Å². The van der Waals surface area contributed by atoms with E-state index in [0.29, 0.717) is 5.88 Å². The third-order valence-corrected chi connectivity index (χ3v) is 3.62. The van der Waals surface area contributed by atoms with Gasteiger partial charge in [0.05, 0.1) is 19.8 Å². The molecule has 0 aliphatic rings. The van der Waals surface area contributed by atoms with Gasteiger partial charge in [-0.15, -0.1) is 21.8 Å². The van der Waals surface area contributed by atoms with Crippen molar-refractivity contribution in [3.05, 3.63) is 23.2 Å². The van der Waals surface area contributed by atoms with Crippen LogP contribution in [0.25, 0.3) is 10.6 Å². The minimum absolute atomic E-state index is 0.546. The lowest BCUT2D eigenvalue weighted by molar-refractivity contribution is 0.404. The van der Waals surface area contributed by atoms with Crippen molar-refractivity contribution in [3.8, 4) is 22.1 Å². The summed E-state index contributed by atoms with van der Waals surface area (Å²) in [5, 5.41) is 10.00. The van der Waals surface area contributed by atoms with Crippen molar-refractivity contribution in [2.24, 2.45) is 0 Å². The van der Waals surface area contributed by atoms with Crippen LogP contribution in [0.1, 0.15) is 5.01 Å². The van der Waals surface area contributed by atoms with Crippen LogP contribution >= 0.6 is 22.9 Å². The zero-order valence-electron chi connectivity index (χ0n) is 10.1. The average Bonchev–Trinajstić information content (AvgIpc) is 2.87. The number of benzene rings is 1. The third kappa shape index (κ3) is 2.73. The summed E-state index contributed by atoms with van der Waals surface area (Å²) in [5.41, 5.74) is 0.884. The number of hydrogen-bond donors (Lipinski definition) is 0. The highest BCUT2D eigenvalue weighted by Gasteiger charge is 2.12. The monoisotopic (exact) mass is 284 g/mol. The summed E-state index contributed by atoms with van der Waals surface area (Å²) < 4.78 is 10.5. The maximum atomic E-state index is 5.69. The molecule has 1 aromatic carbocycles. The molecule has 0 unspecified atom stereocenters. The largest absolute Gasteiger partial charge is 0.497 e. The molecule has 4 nitrogen and oxygen atoms in total. The number of alkyl halides is 1. The molecule has 96 valence electrons. The molecule has 0 atom stereocenters. The van der Waals surface area contributed by atoms with Gasteiger partial charge >= 0.3 is 0 Å².